The van der Waals surface area contributed by atoms with Gasteiger partial charge in [0, 0.05) is 11.6 Å². The van der Waals surface area contributed by atoms with Gasteiger partial charge in [-0.2, -0.15) is 0 Å². The van der Waals surface area contributed by atoms with Gasteiger partial charge < -0.3 is 10.1 Å². The summed E-state index contributed by atoms with van der Waals surface area (Å²) >= 11 is 0. The Kier molecular flexibility index (Phi) is 4.65. The molecule has 0 saturated heterocycles. The minimum atomic E-state index is 0.360. The predicted octanol–water partition coefficient (Wildman–Crippen LogP) is 3.84. The molecule has 0 spiro atoms. The molecule has 18 heavy (non-hydrogen) atoms. The van der Waals surface area contributed by atoms with Crippen LogP contribution in [0.15, 0.2) is 18.2 Å². The Morgan fingerprint density at radius 1 is 1.39 bits per heavy atom. The van der Waals surface area contributed by atoms with Crippen LogP contribution in [0.2, 0.25) is 0 Å². The van der Waals surface area contributed by atoms with Crippen molar-refractivity contribution >= 4 is 0 Å². The molecule has 0 heterocycles. The van der Waals surface area contributed by atoms with Crippen LogP contribution in [0.5, 0.6) is 5.75 Å². The molecule has 0 bridgehead atoms. The third-order valence-corrected chi connectivity index (χ3v) is 3.79. The Morgan fingerprint density at radius 3 is 2.83 bits per heavy atom. The molecule has 1 aliphatic rings. The minimum absolute atomic E-state index is 0.360. The van der Waals surface area contributed by atoms with Crippen molar-refractivity contribution in [2.45, 2.75) is 45.6 Å². The number of methoxy groups -OCH3 is 1. The Hall–Kier alpha value is -1.02. The molecule has 2 rings (SSSR count). The zero-order chi connectivity index (χ0) is 13.0. The van der Waals surface area contributed by atoms with E-state index in [0.717, 1.165) is 18.2 Å². The molecule has 1 fully saturated rings. The highest BCUT2D eigenvalue weighted by Gasteiger charge is 2.20. The summed E-state index contributed by atoms with van der Waals surface area (Å²) in [6.07, 6.45) is 5.61. The number of nitrogens with one attached hydrogen (secondary N) is 1. The molecule has 1 aliphatic carbocycles. The molecular weight excluding hydrogens is 222 g/mol. The predicted molar refractivity (Wildman–Crippen MR) is 76.1 cm³/mol. The molecule has 1 atom stereocenters. The summed E-state index contributed by atoms with van der Waals surface area (Å²) in [5.41, 5.74) is 2.56. The van der Waals surface area contributed by atoms with E-state index in [0.29, 0.717) is 6.04 Å². The molecule has 1 aromatic rings. The van der Waals surface area contributed by atoms with Crippen molar-refractivity contribution in [3.63, 3.8) is 0 Å². The average molecular weight is 247 g/mol. The minimum Gasteiger partial charge on any atom is -0.496 e. The largest absolute Gasteiger partial charge is 0.496 e. The van der Waals surface area contributed by atoms with Gasteiger partial charge in [-0.3, -0.25) is 0 Å². The van der Waals surface area contributed by atoms with Crippen LogP contribution >= 0.6 is 0 Å². The second-order valence-electron chi connectivity index (χ2n) is 5.51. The lowest BCUT2D eigenvalue weighted by Gasteiger charge is -2.18. The van der Waals surface area contributed by atoms with Crippen LogP contribution in [0.1, 0.15) is 49.8 Å². The van der Waals surface area contributed by atoms with Crippen LogP contribution in [-0.4, -0.2) is 13.7 Å². The molecule has 0 amide bonds. The highest BCUT2D eigenvalue weighted by atomic mass is 16.5. The SMILES string of the molecule is COc1ccc(C)cc1C(C)NCCCC1CC1. The number of ether oxygens (including phenoxy) is 1. The van der Waals surface area contributed by atoms with Gasteiger partial charge in [0.2, 0.25) is 0 Å². The zero-order valence-electron chi connectivity index (χ0n) is 11.8. The molecule has 0 aromatic heterocycles. The first-order valence-electron chi connectivity index (χ1n) is 7.08. The number of aryl methyl sites for hydroxylation is 1. The fourth-order valence-electron chi connectivity index (χ4n) is 2.42. The van der Waals surface area contributed by atoms with E-state index in [9.17, 15) is 0 Å². The lowest BCUT2D eigenvalue weighted by molar-refractivity contribution is 0.401. The number of benzene rings is 1. The summed E-state index contributed by atoms with van der Waals surface area (Å²) in [5.74, 6) is 2.03. The normalized spacial score (nSPS) is 16.6. The second kappa shape index (κ2) is 6.24. The number of rotatable bonds is 7. The quantitative estimate of drug-likeness (QED) is 0.739. The van der Waals surface area contributed by atoms with Gasteiger partial charge >= 0.3 is 0 Å². The summed E-state index contributed by atoms with van der Waals surface area (Å²) < 4.78 is 5.44. The van der Waals surface area contributed by atoms with Crippen molar-refractivity contribution in [1.82, 2.24) is 5.32 Å². The van der Waals surface area contributed by atoms with E-state index in [1.54, 1.807) is 7.11 Å². The Balaban J connectivity index is 1.85. The van der Waals surface area contributed by atoms with Crippen molar-refractivity contribution in [3.8, 4) is 5.75 Å². The monoisotopic (exact) mass is 247 g/mol. The zero-order valence-corrected chi connectivity index (χ0v) is 11.8. The molecule has 0 aliphatic heterocycles. The van der Waals surface area contributed by atoms with E-state index >= 15 is 0 Å². The molecule has 1 saturated carbocycles. The average Bonchev–Trinajstić information content (AvgIpc) is 3.18. The van der Waals surface area contributed by atoms with Gasteiger partial charge in [0.15, 0.2) is 0 Å². The summed E-state index contributed by atoms with van der Waals surface area (Å²) in [4.78, 5) is 0. The Bertz CT molecular complexity index is 385. The highest BCUT2D eigenvalue weighted by molar-refractivity contribution is 5.38. The standard InChI is InChI=1S/C16H25NO/c1-12-6-9-16(18-3)15(11-12)13(2)17-10-4-5-14-7-8-14/h6,9,11,13-14,17H,4-5,7-8,10H2,1-3H3. The number of hydrogen-bond donors (Lipinski definition) is 1. The maximum absolute atomic E-state index is 5.44. The first-order valence-corrected chi connectivity index (χ1v) is 7.08. The molecule has 1 unspecified atom stereocenters. The highest BCUT2D eigenvalue weighted by Crippen LogP contribution is 2.33. The molecule has 0 radical (unpaired) electrons. The first kappa shape index (κ1) is 13.4. The smallest absolute Gasteiger partial charge is 0.123 e. The van der Waals surface area contributed by atoms with Crippen LogP contribution in [-0.2, 0) is 0 Å². The fraction of sp³-hybridized carbons (Fsp3) is 0.625. The molecule has 1 aromatic carbocycles. The summed E-state index contributed by atoms with van der Waals surface area (Å²) in [5, 5.41) is 3.60. The third kappa shape index (κ3) is 3.74. The van der Waals surface area contributed by atoms with E-state index in [1.807, 2.05) is 0 Å². The summed E-state index contributed by atoms with van der Waals surface area (Å²) in [6.45, 7) is 5.45. The van der Waals surface area contributed by atoms with Gasteiger partial charge in [0.1, 0.15) is 5.75 Å². The Morgan fingerprint density at radius 2 is 2.17 bits per heavy atom. The number of hydrogen-bond acceptors (Lipinski definition) is 2. The second-order valence-corrected chi connectivity index (χ2v) is 5.51. The van der Waals surface area contributed by atoms with Crippen molar-refractivity contribution in [2.75, 3.05) is 13.7 Å². The molecule has 1 N–H and O–H groups in total. The fourth-order valence-corrected chi connectivity index (χ4v) is 2.42. The third-order valence-electron chi connectivity index (χ3n) is 3.79. The lowest BCUT2D eigenvalue weighted by Crippen LogP contribution is -2.20. The van der Waals surface area contributed by atoms with Crippen molar-refractivity contribution in [2.24, 2.45) is 5.92 Å². The first-order chi connectivity index (χ1) is 8.70. The van der Waals surface area contributed by atoms with Gasteiger partial charge in [-0.25, -0.2) is 0 Å². The van der Waals surface area contributed by atoms with Crippen LogP contribution in [0.3, 0.4) is 0 Å². The van der Waals surface area contributed by atoms with Crippen LogP contribution in [0, 0.1) is 12.8 Å². The maximum Gasteiger partial charge on any atom is 0.123 e. The van der Waals surface area contributed by atoms with Crippen molar-refractivity contribution in [1.29, 1.82) is 0 Å². The topological polar surface area (TPSA) is 21.3 Å². The summed E-state index contributed by atoms with van der Waals surface area (Å²) in [6, 6.07) is 6.74. The van der Waals surface area contributed by atoms with Gasteiger partial charge in [-0.15, -0.1) is 0 Å². The van der Waals surface area contributed by atoms with E-state index in [2.05, 4.69) is 37.4 Å². The summed E-state index contributed by atoms with van der Waals surface area (Å²) in [7, 11) is 1.74. The van der Waals surface area contributed by atoms with Gasteiger partial charge in [0.25, 0.3) is 0 Å². The van der Waals surface area contributed by atoms with E-state index in [-0.39, 0.29) is 0 Å². The molecule has 100 valence electrons. The van der Waals surface area contributed by atoms with E-state index in [1.165, 1.54) is 36.8 Å². The lowest BCUT2D eigenvalue weighted by atomic mass is 10.0. The Labute approximate surface area is 111 Å². The molecular formula is C16H25NO. The van der Waals surface area contributed by atoms with Crippen molar-refractivity contribution < 1.29 is 4.74 Å². The van der Waals surface area contributed by atoms with Crippen LogP contribution < -0.4 is 10.1 Å². The van der Waals surface area contributed by atoms with Crippen LogP contribution in [0.25, 0.3) is 0 Å². The molecule has 2 heteroatoms. The molecule has 2 nitrogen and oxygen atoms in total. The van der Waals surface area contributed by atoms with E-state index in [4.69, 9.17) is 4.74 Å². The van der Waals surface area contributed by atoms with Gasteiger partial charge in [-0.05, 0) is 45.2 Å². The van der Waals surface area contributed by atoms with Crippen molar-refractivity contribution in [3.05, 3.63) is 29.3 Å². The maximum atomic E-state index is 5.44. The van der Waals surface area contributed by atoms with Gasteiger partial charge in [0.05, 0.1) is 7.11 Å². The van der Waals surface area contributed by atoms with E-state index < -0.39 is 0 Å². The van der Waals surface area contributed by atoms with Gasteiger partial charge in [-0.1, -0.05) is 30.5 Å². The van der Waals surface area contributed by atoms with Crippen LogP contribution in [0.4, 0.5) is 0 Å².